The maximum atomic E-state index is 11.9. The van der Waals surface area contributed by atoms with Crippen molar-refractivity contribution >= 4 is 28.4 Å². The van der Waals surface area contributed by atoms with Gasteiger partial charge in [-0.2, -0.15) is 0 Å². The van der Waals surface area contributed by atoms with Crippen LogP contribution in [0.3, 0.4) is 0 Å². The van der Waals surface area contributed by atoms with Crippen molar-refractivity contribution in [2.24, 2.45) is 0 Å². The molecule has 2 aromatic heterocycles. The largest absolute Gasteiger partial charge is 0.467 e. The number of carbonyl (C=O) groups is 1. The van der Waals surface area contributed by atoms with Crippen molar-refractivity contribution in [3.8, 4) is 11.3 Å². The fourth-order valence-electron chi connectivity index (χ4n) is 2.69. The molecule has 0 aliphatic heterocycles. The maximum absolute atomic E-state index is 11.9. The maximum Gasteiger partial charge on any atom is 0.230 e. The molecule has 5 nitrogen and oxygen atoms in total. The van der Waals surface area contributed by atoms with Gasteiger partial charge < -0.3 is 9.73 Å². The van der Waals surface area contributed by atoms with Gasteiger partial charge in [-0.25, -0.2) is 0 Å². The van der Waals surface area contributed by atoms with Gasteiger partial charge in [-0.3, -0.25) is 4.79 Å². The van der Waals surface area contributed by atoms with Gasteiger partial charge in [-0.1, -0.05) is 48.2 Å². The summed E-state index contributed by atoms with van der Waals surface area (Å²) in [6.45, 7) is 0.388. The molecule has 0 radical (unpaired) electrons. The highest BCUT2D eigenvalue weighted by atomic mass is 32.2. The van der Waals surface area contributed by atoms with Crippen LogP contribution in [0.15, 0.2) is 82.4 Å². The lowest BCUT2D eigenvalue weighted by Gasteiger charge is -2.05. The van der Waals surface area contributed by atoms with E-state index in [9.17, 15) is 4.79 Å². The molecule has 0 saturated carbocycles. The van der Waals surface area contributed by atoms with Gasteiger partial charge in [0, 0.05) is 5.56 Å². The molecular formula is C21H17N3O2S. The summed E-state index contributed by atoms with van der Waals surface area (Å²) in [5.74, 6) is 0.940. The minimum Gasteiger partial charge on any atom is -0.467 e. The molecule has 0 saturated heterocycles. The van der Waals surface area contributed by atoms with Crippen molar-refractivity contribution in [2.45, 2.75) is 11.6 Å². The predicted octanol–water partition coefficient (Wildman–Crippen LogP) is 4.30. The molecule has 0 aliphatic carbocycles. The van der Waals surface area contributed by atoms with Crippen molar-refractivity contribution in [3.63, 3.8) is 0 Å². The molecule has 1 N–H and O–H groups in total. The highest BCUT2D eigenvalue weighted by molar-refractivity contribution is 7.99. The van der Waals surface area contributed by atoms with Crippen molar-refractivity contribution in [3.05, 3.63) is 78.8 Å². The predicted molar refractivity (Wildman–Crippen MR) is 106 cm³/mol. The van der Waals surface area contributed by atoms with E-state index in [-0.39, 0.29) is 11.7 Å². The Labute approximate surface area is 160 Å². The normalized spacial score (nSPS) is 10.8. The van der Waals surface area contributed by atoms with Gasteiger partial charge in [0.1, 0.15) is 10.8 Å². The molecule has 0 bridgehead atoms. The first kappa shape index (κ1) is 17.3. The summed E-state index contributed by atoms with van der Waals surface area (Å²) < 4.78 is 5.18. The molecule has 1 amide bonds. The van der Waals surface area contributed by atoms with Gasteiger partial charge >= 0.3 is 0 Å². The van der Waals surface area contributed by atoms with Crippen LogP contribution in [0.4, 0.5) is 0 Å². The lowest BCUT2D eigenvalue weighted by Crippen LogP contribution is -2.24. The number of nitrogens with one attached hydrogen (secondary N) is 1. The number of thioether (sulfide) groups is 1. The molecule has 134 valence electrons. The van der Waals surface area contributed by atoms with E-state index in [0.29, 0.717) is 11.6 Å². The molecule has 4 rings (SSSR count). The first-order valence-corrected chi connectivity index (χ1v) is 9.51. The molecule has 2 heterocycles. The lowest BCUT2D eigenvalue weighted by molar-refractivity contribution is -0.118. The molecule has 0 atom stereocenters. The number of carbonyl (C=O) groups excluding carboxylic acids is 1. The summed E-state index contributed by atoms with van der Waals surface area (Å²) in [4.78, 5) is 11.9. The van der Waals surface area contributed by atoms with E-state index in [4.69, 9.17) is 4.42 Å². The Bertz CT molecular complexity index is 1050. The fourth-order valence-corrected chi connectivity index (χ4v) is 3.33. The van der Waals surface area contributed by atoms with Crippen LogP contribution < -0.4 is 5.32 Å². The topological polar surface area (TPSA) is 68.0 Å². The van der Waals surface area contributed by atoms with Gasteiger partial charge in [-0.05, 0) is 41.1 Å². The molecule has 27 heavy (non-hydrogen) atoms. The van der Waals surface area contributed by atoms with E-state index in [1.54, 1.807) is 12.3 Å². The Morgan fingerprint density at radius 2 is 1.85 bits per heavy atom. The number of hydrogen-bond donors (Lipinski definition) is 1. The number of hydrogen-bond acceptors (Lipinski definition) is 5. The average Bonchev–Trinajstić information content (AvgIpc) is 3.24. The zero-order valence-electron chi connectivity index (χ0n) is 14.5. The van der Waals surface area contributed by atoms with Crippen LogP contribution in [0.5, 0.6) is 0 Å². The molecular weight excluding hydrogens is 358 g/mol. The Kier molecular flexibility index (Phi) is 5.16. The number of fused-ring (bicyclic) bond motifs is 1. The first-order chi connectivity index (χ1) is 13.3. The summed E-state index contributed by atoms with van der Waals surface area (Å²) in [5.41, 5.74) is 1.83. The number of rotatable bonds is 6. The van der Waals surface area contributed by atoms with Crippen LogP contribution >= 0.6 is 11.8 Å². The minimum absolute atomic E-state index is 0.0724. The molecule has 2 aromatic carbocycles. The monoisotopic (exact) mass is 375 g/mol. The van der Waals surface area contributed by atoms with Crippen LogP contribution in [0.2, 0.25) is 0 Å². The van der Waals surface area contributed by atoms with Crippen molar-refractivity contribution in [2.75, 3.05) is 5.75 Å². The smallest absolute Gasteiger partial charge is 0.230 e. The molecule has 0 unspecified atom stereocenters. The summed E-state index contributed by atoms with van der Waals surface area (Å²) in [6.07, 6.45) is 1.59. The van der Waals surface area contributed by atoms with Crippen LogP contribution in [-0.4, -0.2) is 21.9 Å². The quantitative estimate of drug-likeness (QED) is 0.509. The van der Waals surface area contributed by atoms with E-state index in [2.05, 4.69) is 39.8 Å². The number of nitrogens with zero attached hydrogens (tertiary/aromatic N) is 2. The summed E-state index contributed by atoms with van der Waals surface area (Å²) in [6, 6.07) is 21.9. The van der Waals surface area contributed by atoms with Gasteiger partial charge in [0.15, 0.2) is 0 Å². The van der Waals surface area contributed by atoms with Crippen molar-refractivity contribution in [1.29, 1.82) is 0 Å². The van der Waals surface area contributed by atoms with Gasteiger partial charge in [0.05, 0.1) is 24.3 Å². The minimum atomic E-state index is -0.0724. The molecule has 4 aromatic rings. The highest BCUT2D eigenvalue weighted by Gasteiger charge is 2.07. The van der Waals surface area contributed by atoms with E-state index in [0.717, 1.165) is 17.0 Å². The Hall–Kier alpha value is -3.12. The SMILES string of the molecule is O=C(CSc1ccc(-c2ccc3ccccc3c2)nn1)NCc1ccco1. The molecule has 6 heteroatoms. The first-order valence-electron chi connectivity index (χ1n) is 8.53. The number of furan rings is 1. The standard InChI is InChI=1S/C21H17N3O2S/c25-20(22-13-18-6-3-11-26-18)14-27-21-10-9-19(23-24-21)17-8-7-15-4-1-2-5-16(15)12-17/h1-12H,13-14H2,(H,22,25). The van der Waals surface area contributed by atoms with Gasteiger partial charge in [-0.15, -0.1) is 10.2 Å². The third-order valence-corrected chi connectivity index (χ3v) is 5.00. The zero-order chi connectivity index (χ0) is 18.5. The second-order valence-corrected chi connectivity index (χ2v) is 6.96. The Morgan fingerprint density at radius 1 is 0.963 bits per heavy atom. The fraction of sp³-hybridized carbons (Fsp3) is 0.0952. The molecule has 0 aliphatic rings. The van der Waals surface area contributed by atoms with E-state index in [1.807, 2.05) is 36.4 Å². The second-order valence-electron chi connectivity index (χ2n) is 5.96. The average molecular weight is 375 g/mol. The van der Waals surface area contributed by atoms with E-state index < -0.39 is 0 Å². The number of aromatic nitrogens is 2. The Balaban J connectivity index is 1.36. The lowest BCUT2D eigenvalue weighted by atomic mass is 10.1. The summed E-state index contributed by atoms with van der Waals surface area (Å²) in [7, 11) is 0. The van der Waals surface area contributed by atoms with Crippen LogP contribution in [0, 0.1) is 0 Å². The highest BCUT2D eigenvalue weighted by Crippen LogP contribution is 2.24. The third kappa shape index (κ3) is 4.35. The van der Waals surface area contributed by atoms with Crippen molar-refractivity contribution in [1.82, 2.24) is 15.5 Å². The molecule has 0 fully saturated rings. The number of benzene rings is 2. The van der Waals surface area contributed by atoms with Crippen LogP contribution in [0.25, 0.3) is 22.0 Å². The summed E-state index contributed by atoms with van der Waals surface area (Å²) >= 11 is 1.36. The van der Waals surface area contributed by atoms with Gasteiger partial charge in [0.2, 0.25) is 5.91 Å². The van der Waals surface area contributed by atoms with E-state index in [1.165, 1.54) is 22.5 Å². The number of amides is 1. The third-order valence-electron chi connectivity index (χ3n) is 4.08. The van der Waals surface area contributed by atoms with Crippen LogP contribution in [-0.2, 0) is 11.3 Å². The van der Waals surface area contributed by atoms with Crippen LogP contribution in [0.1, 0.15) is 5.76 Å². The van der Waals surface area contributed by atoms with Crippen molar-refractivity contribution < 1.29 is 9.21 Å². The second kappa shape index (κ2) is 8.05. The molecule has 0 spiro atoms. The van der Waals surface area contributed by atoms with E-state index >= 15 is 0 Å². The Morgan fingerprint density at radius 3 is 2.63 bits per heavy atom. The summed E-state index contributed by atoms with van der Waals surface area (Å²) in [5, 5.41) is 14.4. The zero-order valence-corrected chi connectivity index (χ0v) is 15.3. The van der Waals surface area contributed by atoms with Gasteiger partial charge in [0.25, 0.3) is 0 Å².